The van der Waals surface area contributed by atoms with Crippen molar-refractivity contribution in [1.82, 2.24) is 9.55 Å². The van der Waals surface area contributed by atoms with Crippen LogP contribution in [-0.4, -0.2) is 35.7 Å². The second kappa shape index (κ2) is 8.03. The summed E-state index contributed by atoms with van der Waals surface area (Å²) in [4.78, 5) is 32.1. The number of esters is 1. The van der Waals surface area contributed by atoms with E-state index < -0.39 is 11.8 Å². The third-order valence-electron chi connectivity index (χ3n) is 5.23. The van der Waals surface area contributed by atoms with E-state index in [0.29, 0.717) is 28.1 Å². The fraction of sp³-hybridized carbons (Fsp3) is 0.318. The number of methoxy groups -OCH3 is 1. The minimum atomic E-state index is -0.487. The number of anilines is 1. The number of carbonyl (C=O) groups excluding carboxylic acids is 1. The zero-order valence-electron chi connectivity index (χ0n) is 16.2. The SMILES string of the molecule is COC(=O)c1ccc2c(=O)n(-c3cccc(F)c3)c(N3CCCCCC3)nc2c1. The number of carbonyl (C=O) groups is 1. The minimum absolute atomic E-state index is 0.295. The monoisotopic (exact) mass is 395 g/mol. The Morgan fingerprint density at radius 3 is 2.52 bits per heavy atom. The lowest BCUT2D eigenvalue weighted by molar-refractivity contribution is 0.0601. The Balaban J connectivity index is 1.97. The first-order chi connectivity index (χ1) is 14.1. The molecule has 150 valence electrons. The molecule has 4 rings (SSSR count). The van der Waals surface area contributed by atoms with Crippen LogP contribution in [0.4, 0.5) is 10.3 Å². The Morgan fingerprint density at radius 1 is 1.07 bits per heavy atom. The van der Waals surface area contributed by atoms with Gasteiger partial charge in [0.15, 0.2) is 0 Å². The van der Waals surface area contributed by atoms with Crippen molar-refractivity contribution in [3.8, 4) is 5.69 Å². The molecule has 7 heteroatoms. The molecule has 1 fully saturated rings. The average Bonchev–Trinajstić information content (AvgIpc) is 3.02. The highest BCUT2D eigenvalue weighted by Crippen LogP contribution is 2.23. The maximum Gasteiger partial charge on any atom is 0.337 e. The van der Waals surface area contributed by atoms with Gasteiger partial charge in [0.05, 0.1) is 29.3 Å². The van der Waals surface area contributed by atoms with Gasteiger partial charge in [0.2, 0.25) is 5.95 Å². The van der Waals surface area contributed by atoms with Gasteiger partial charge in [-0.05, 0) is 49.2 Å². The smallest absolute Gasteiger partial charge is 0.337 e. The summed E-state index contributed by atoms with van der Waals surface area (Å²) in [5.41, 5.74) is 0.888. The second-order valence-corrected chi connectivity index (χ2v) is 7.16. The molecule has 0 saturated carbocycles. The summed E-state index contributed by atoms with van der Waals surface area (Å²) in [7, 11) is 1.31. The molecule has 0 aliphatic carbocycles. The third kappa shape index (κ3) is 3.72. The van der Waals surface area contributed by atoms with E-state index in [9.17, 15) is 14.0 Å². The molecule has 2 heterocycles. The Kier molecular flexibility index (Phi) is 5.29. The van der Waals surface area contributed by atoms with E-state index in [1.807, 2.05) is 0 Å². The number of fused-ring (bicyclic) bond motifs is 1. The average molecular weight is 395 g/mol. The normalized spacial score (nSPS) is 14.6. The predicted octanol–water partition coefficient (Wildman–Crippen LogP) is 3.69. The number of rotatable bonds is 3. The molecule has 0 atom stereocenters. The van der Waals surface area contributed by atoms with E-state index in [1.54, 1.807) is 30.3 Å². The Hall–Kier alpha value is -3.22. The van der Waals surface area contributed by atoms with Gasteiger partial charge in [0.1, 0.15) is 5.82 Å². The largest absolute Gasteiger partial charge is 0.465 e. The molecule has 0 N–H and O–H groups in total. The maximum absolute atomic E-state index is 13.9. The number of aromatic nitrogens is 2. The highest BCUT2D eigenvalue weighted by Gasteiger charge is 2.20. The van der Waals surface area contributed by atoms with Crippen LogP contribution in [0.25, 0.3) is 16.6 Å². The highest BCUT2D eigenvalue weighted by molar-refractivity contribution is 5.94. The number of nitrogens with zero attached hydrogens (tertiary/aromatic N) is 3. The van der Waals surface area contributed by atoms with Crippen molar-refractivity contribution in [2.45, 2.75) is 25.7 Å². The second-order valence-electron chi connectivity index (χ2n) is 7.16. The molecule has 0 radical (unpaired) electrons. The quantitative estimate of drug-likeness (QED) is 0.633. The Labute approximate surface area is 167 Å². The van der Waals surface area contributed by atoms with Crippen molar-refractivity contribution in [3.05, 3.63) is 64.2 Å². The number of halogens is 1. The van der Waals surface area contributed by atoms with Crippen LogP contribution < -0.4 is 10.5 Å². The van der Waals surface area contributed by atoms with Crippen molar-refractivity contribution >= 4 is 22.8 Å². The number of hydrogen-bond acceptors (Lipinski definition) is 5. The van der Waals surface area contributed by atoms with E-state index in [-0.39, 0.29) is 5.56 Å². The van der Waals surface area contributed by atoms with Crippen LogP contribution in [0.5, 0.6) is 0 Å². The van der Waals surface area contributed by atoms with Crippen molar-refractivity contribution in [1.29, 1.82) is 0 Å². The predicted molar refractivity (Wildman–Crippen MR) is 109 cm³/mol. The fourth-order valence-corrected chi connectivity index (χ4v) is 3.75. The van der Waals surface area contributed by atoms with E-state index >= 15 is 0 Å². The van der Waals surface area contributed by atoms with Gasteiger partial charge in [-0.15, -0.1) is 0 Å². The molecule has 1 aromatic heterocycles. The van der Waals surface area contributed by atoms with Crippen LogP contribution >= 0.6 is 0 Å². The number of ether oxygens (including phenoxy) is 1. The molecule has 1 aliphatic rings. The van der Waals surface area contributed by atoms with Crippen LogP contribution in [0.1, 0.15) is 36.0 Å². The van der Waals surface area contributed by atoms with E-state index in [0.717, 1.165) is 38.8 Å². The molecule has 0 amide bonds. The van der Waals surface area contributed by atoms with Gasteiger partial charge in [-0.1, -0.05) is 18.9 Å². The van der Waals surface area contributed by atoms with Crippen molar-refractivity contribution in [2.75, 3.05) is 25.1 Å². The van der Waals surface area contributed by atoms with Gasteiger partial charge < -0.3 is 9.64 Å². The standard InChI is InChI=1S/C22H22FN3O3/c1-29-21(28)15-9-10-18-19(13-15)24-22(25-11-4-2-3-5-12-25)26(20(18)27)17-8-6-7-16(23)14-17/h6-10,13-14H,2-5,11-12H2,1H3. The molecular weight excluding hydrogens is 373 g/mol. The van der Waals surface area contributed by atoms with Crippen molar-refractivity contribution in [3.63, 3.8) is 0 Å². The van der Waals surface area contributed by atoms with Gasteiger partial charge >= 0.3 is 5.97 Å². The van der Waals surface area contributed by atoms with E-state index in [4.69, 9.17) is 9.72 Å². The zero-order chi connectivity index (χ0) is 20.4. The summed E-state index contributed by atoms with van der Waals surface area (Å²) in [6.07, 6.45) is 4.25. The summed E-state index contributed by atoms with van der Waals surface area (Å²) in [5.74, 6) is -0.436. The van der Waals surface area contributed by atoms with Gasteiger partial charge in [0.25, 0.3) is 5.56 Å². The molecule has 1 aliphatic heterocycles. The van der Waals surface area contributed by atoms with Gasteiger partial charge in [-0.25, -0.2) is 18.7 Å². The van der Waals surface area contributed by atoms with Crippen molar-refractivity contribution in [2.24, 2.45) is 0 Å². The molecule has 29 heavy (non-hydrogen) atoms. The molecule has 3 aromatic rings. The molecule has 0 spiro atoms. The van der Waals surface area contributed by atoms with E-state index in [2.05, 4.69) is 4.90 Å². The molecular formula is C22H22FN3O3. The zero-order valence-corrected chi connectivity index (χ0v) is 16.2. The molecule has 0 unspecified atom stereocenters. The van der Waals surface area contributed by atoms with Crippen LogP contribution in [0, 0.1) is 5.82 Å². The first kappa shape index (κ1) is 19.1. The Morgan fingerprint density at radius 2 is 1.83 bits per heavy atom. The molecule has 0 bridgehead atoms. The lowest BCUT2D eigenvalue weighted by atomic mass is 10.1. The van der Waals surface area contributed by atoms with Crippen LogP contribution in [0.2, 0.25) is 0 Å². The van der Waals surface area contributed by atoms with Crippen LogP contribution in [-0.2, 0) is 4.74 Å². The van der Waals surface area contributed by atoms with Crippen LogP contribution in [0.3, 0.4) is 0 Å². The van der Waals surface area contributed by atoms with Crippen LogP contribution in [0.15, 0.2) is 47.3 Å². The molecule has 6 nitrogen and oxygen atoms in total. The molecule has 1 saturated heterocycles. The van der Waals surface area contributed by atoms with Gasteiger partial charge in [-0.3, -0.25) is 4.79 Å². The lowest BCUT2D eigenvalue weighted by Crippen LogP contribution is -2.33. The maximum atomic E-state index is 13.9. The van der Waals surface area contributed by atoms with Gasteiger partial charge in [-0.2, -0.15) is 0 Å². The molecule has 2 aromatic carbocycles. The summed E-state index contributed by atoms with van der Waals surface area (Å²) in [6, 6.07) is 10.6. The summed E-state index contributed by atoms with van der Waals surface area (Å²) >= 11 is 0. The van der Waals surface area contributed by atoms with Gasteiger partial charge in [0, 0.05) is 13.1 Å². The number of hydrogen-bond donors (Lipinski definition) is 0. The number of benzene rings is 2. The lowest BCUT2D eigenvalue weighted by Gasteiger charge is -2.25. The fourth-order valence-electron chi connectivity index (χ4n) is 3.75. The minimum Gasteiger partial charge on any atom is -0.465 e. The highest BCUT2D eigenvalue weighted by atomic mass is 19.1. The summed E-state index contributed by atoms with van der Waals surface area (Å²) in [5, 5.41) is 0.362. The summed E-state index contributed by atoms with van der Waals surface area (Å²) in [6.45, 7) is 1.54. The van der Waals surface area contributed by atoms with E-state index in [1.165, 1.54) is 23.8 Å². The third-order valence-corrected chi connectivity index (χ3v) is 5.23. The van der Waals surface area contributed by atoms with Crippen molar-refractivity contribution < 1.29 is 13.9 Å². The topological polar surface area (TPSA) is 64.4 Å². The first-order valence-electron chi connectivity index (χ1n) is 9.74. The summed E-state index contributed by atoms with van der Waals surface area (Å²) < 4.78 is 20.2. The first-order valence-corrected chi connectivity index (χ1v) is 9.74. The Bertz CT molecular complexity index is 1120.